The predicted molar refractivity (Wildman–Crippen MR) is 124 cm³/mol. The fraction of sp³-hybridized carbons (Fsp3) is 0.417. The number of hydrogen-bond donors (Lipinski definition) is 2. The van der Waals surface area contributed by atoms with E-state index in [0.717, 1.165) is 11.1 Å². The van der Waals surface area contributed by atoms with Gasteiger partial charge < -0.3 is 38.8 Å². The summed E-state index contributed by atoms with van der Waals surface area (Å²) in [6.45, 7) is 6.02. The molecule has 3 rings (SSSR count). The van der Waals surface area contributed by atoms with Crippen molar-refractivity contribution in [3.05, 3.63) is 47.5 Å². The molecule has 184 valence electrons. The summed E-state index contributed by atoms with van der Waals surface area (Å²) in [7, 11) is 0. The lowest BCUT2D eigenvalue weighted by Gasteiger charge is -2.16. The van der Waals surface area contributed by atoms with Crippen molar-refractivity contribution < 1.29 is 38.8 Å². The largest absolute Gasteiger partial charge is 0.487 e. The van der Waals surface area contributed by atoms with Gasteiger partial charge in [0.1, 0.15) is 26.4 Å². The van der Waals surface area contributed by atoms with Gasteiger partial charge in [0.05, 0.1) is 37.9 Å². The van der Waals surface area contributed by atoms with Gasteiger partial charge in [0.25, 0.3) is 0 Å². The number of fused-ring (bicyclic) bond motifs is 2. The molecule has 0 unspecified atom stereocenters. The molecule has 0 saturated carbocycles. The van der Waals surface area contributed by atoms with Crippen LogP contribution in [0.15, 0.2) is 46.7 Å². The Labute approximate surface area is 198 Å². The molecule has 0 radical (unpaired) electrons. The van der Waals surface area contributed by atoms with Gasteiger partial charge in [-0.1, -0.05) is 10.3 Å². The van der Waals surface area contributed by atoms with Gasteiger partial charge in [-0.15, -0.1) is 0 Å². The van der Waals surface area contributed by atoms with Crippen LogP contribution in [-0.4, -0.2) is 74.7 Å². The highest BCUT2D eigenvalue weighted by atomic mass is 16.6. The van der Waals surface area contributed by atoms with E-state index in [1.807, 2.05) is 0 Å². The van der Waals surface area contributed by atoms with E-state index in [9.17, 15) is 0 Å². The molecular weight excluding hydrogens is 444 g/mol. The van der Waals surface area contributed by atoms with E-state index < -0.39 is 0 Å². The summed E-state index contributed by atoms with van der Waals surface area (Å²) >= 11 is 0. The summed E-state index contributed by atoms with van der Waals surface area (Å²) < 4.78 is 34.6. The molecule has 2 aromatic carbocycles. The molecule has 1 heterocycles. The average Bonchev–Trinajstić information content (AvgIpc) is 2.87. The highest BCUT2D eigenvalue weighted by Gasteiger charge is 2.11. The van der Waals surface area contributed by atoms with Gasteiger partial charge >= 0.3 is 0 Å². The Balaban J connectivity index is 1.66. The Hall–Kier alpha value is -3.50. The van der Waals surface area contributed by atoms with Crippen LogP contribution in [0.5, 0.6) is 23.0 Å². The van der Waals surface area contributed by atoms with Crippen molar-refractivity contribution in [3.63, 3.8) is 0 Å². The number of ether oxygens (including phenoxy) is 6. The lowest BCUT2D eigenvalue weighted by atomic mass is 10.1. The van der Waals surface area contributed by atoms with E-state index in [2.05, 4.69) is 10.3 Å². The van der Waals surface area contributed by atoms with E-state index in [4.69, 9.17) is 38.8 Å². The van der Waals surface area contributed by atoms with Crippen molar-refractivity contribution in [1.29, 1.82) is 0 Å². The minimum Gasteiger partial charge on any atom is -0.487 e. The zero-order valence-corrected chi connectivity index (χ0v) is 19.4. The van der Waals surface area contributed by atoms with Gasteiger partial charge in [0, 0.05) is 11.1 Å². The first-order valence-corrected chi connectivity index (χ1v) is 10.9. The van der Waals surface area contributed by atoms with E-state index in [-0.39, 0.29) is 0 Å². The maximum absolute atomic E-state index is 9.05. The number of rotatable bonds is 2. The minimum atomic E-state index is 0.300. The van der Waals surface area contributed by atoms with Crippen molar-refractivity contribution in [3.8, 4) is 23.0 Å². The lowest BCUT2D eigenvalue weighted by Crippen LogP contribution is -2.15. The minimum absolute atomic E-state index is 0.300. The maximum atomic E-state index is 9.05. The van der Waals surface area contributed by atoms with Crippen LogP contribution in [0.25, 0.3) is 0 Å². The fourth-order valence-electron chi connectivity index (χ4n) is 3.09. The average molecular weight is 475 g/mol. The number of oxime groups is 2. The second kappa shape index (κ2) is 13.3. The van der Waals surface area contributed by atoms with Gasteiger partial charge in [-0.2, -0.15) is 0 Å². The predicted octanol–water partition coefficient (Wildman–Crippen LogP) is 3.35. The molecule has 2 N–H and O–H groups in total. The maximum Gasteiger partial charge on any atom is 0.161 e. The molecule has 34 heavy (non-hydrogen) atoms. The third-order valence-electron chi connectivity index (χ3n) is 4.96. The molecular formula is C24H30N2O8. The monoisotopic (exact) mass is 474 g/mol. The second-order valence-electron chi connectivity index (χ2n) is 7.31. The quantitative estimate of drug-likeness (QED) is 0.386. The van der Waals surface area contributed by atoms with Crippen LogP contribution in [0.3, 0.4) is 0 Å². The first kappa shape index (κ1) is 25.1. The van der Waals surface area contributed by atoms with Gasteiger partial charge in [0.15, 0.2) is 23.0 Å². The van der Waals surface area contributed by atoms with Crippen LogP contribution in [0.4, 0.5) is 0 Å². The van der Waals surface area contributed by atoms with Crippen LogP contribution in [-0.2, 0) is 9.47 Å². The standard InChI is InChI=1S/C24H30N2O8/c1-17(25-27)19-3-5-21-23(15-19)33-13-9-29-8-12-32-22-6-4-20(18(2)26-28)16-24(22)34-14-10-30-7-11-31-21/h3-6,15-16,27-28H,7-14H2,1-2H3. The zero-order chi connectivity index (χ0) is 24.2. The first-order valence-electron chi connectivity index (χ1n) is 10.9. The third kappa shape index (κ3) is 7.26. The van der Waals surface area contributed by atoms with Gasteiger partial charge in [0.2, 0.25) is 0 Å². The molecule has 1 aliphatic heterocycles. The van der Waals surface area contributed by atoms with E-state index in [0.29, 0.717) is 87.3 Å². The normalized spacial score (nSPS) is 16.9. The van der Waals surface area contributed by atoms with Crippen molar-refractivity contribution in [2.75, 3.05) is 52.9 Å². The number of benzene rings is 2. The molecule has 0 spiro atoms. The summed E-state index contributed by atoms with van der Waals surface area (Å²) in [5.74, 6) is 2.16. The molecule has 0 amide bonds. The molecule has 1 aliphatic rings. The molecule has 0 bridgehead atoms. The molecule has 10 nitrogen and oxygen atoms in total. The Morgan fingerprint density at radius 3 is 1.26 bits per heavy atom. The summed E-state index contributed by atoms with van der Waals surface area (Å²) in [5, 5.41) is 24.6. The Morgan fingerprint density at radius 2 is 0.912 bits per heavy atom. The SMILES string of the molecule is CC(=NO)c1ccc2c(c1)OCCOCCOc1ccc(C(C)=NO)cc1OCCOCCO2. The van der Waals surface area contributed by atoms with Crippen molar-refractivity contribution >= 4 is 11.4 Å². The van der Waals surface area contributed by atoms with E-state index in [1.165, 1.54) is 0 Å². The Morgan fingerprint density at radius 1 is 0.559 bits per heavy atom. The fourth-order valence-corrected chi connectivity index (χ4v) is 3.09. The van der Waals surface area contributed by atoms with Gasteiger partial charge in [-0.05, 0) is 50.2 Å². The highest BCUT2D eigenvalue weighted by Crippen LogP contribution is 2.30. The van der Waals surface area contributed by atoms with Crippen LogP contribution in [0.2, 0.25) is 0 Å². The summed E-state index contributed by atoms with van der Waals surface area (Å²) in [6, 6.07) is 10.6. The summed E-state index contributed by atoms with van der Waals surface area (Å²) in [4.78, 5) is 0. The summed E-state index contributed by atoms with van der Waals surface area (Å²) in [5.41, 5.74) is 2.37. The van der Waals surface area contributed by atoms with Crippen LogP contribution < -0.4 is 18.9 Å². The molecule has 10 heteroatoms. The molecule has 2 aromatic rings. The lowest BCUT2D eigenvalue weighted by molar-refractivity contribution is 0.0640. The second-order valence-corrected chi connectivity index (χ2v) is 7.31. The van der Waals surface area contributed by atoms with Crippen LogP contribution in [0.1, 0.15) is 25.0 Å². The van der Waals surface area contributed by atoms with Crippen molar-refractivity contribution in [2.24, 2.45) is 10.3 Å². The van der Waals surface area contributed by atoms with Crippen LogP contribution in [0, 0.1) is 0 Å². The zero-order valence-electron chi connectivity index (χ0n) is 19.4. The molecule has 0 aromatic heterocycles. The molecule has 0 aliphatic carbocycles. The molecule has 0 atom stereocenters. The van der Waals surface area contributed by atoms with Crippen LogP contribution >= 0.6 is 0 Å². The highest BCUT2D eigenvalue weighted by molar-refractivity contribution is 5.99. The Bertz CT molecular complexity index is 913. The summed E-state index contributed by atoms with van der Waals surface area (Å²) in [6.07, 6.45) is 0. The molecule has 0 fully saturated rings. The third-order valence-corrected chi connectivity index (χ3v) is 4.96. The number of hydrogen-bond acceptors (Lipinski definition) is 10. The van der Waals surface area contributed by atoms with E-state index >= 15 is 0 Å². The van der Waals surface area contributed by atoms with Crippen molar-refractivity contribution in [1.82, 2.24) is 0 Å². The number of nitrogens with zero attached hydrogens (tertiary/aromatic N) is 2. The van der Waals surface area contributed by atoms with Crippen molar-refractivity contribution in [2.45, 2.75) is 13.8 Å². The van der Waals surface area contributed by atoms with Gasteiger partial charge in [-0.25, -0.2) is 0 Å². The van der Waals surface area contributed by atoms with Gasteiger partial charge in [-0.3, -0.25) is 0 Å². The first-order chi connectivity index (χ1) is 16.6. The Kier molecular flexibility index (Phi) is 9.80. The smallest absolute Gasteiger partial charge is 0.161 e. The topological polar surface area (TPSA) is 121 Å². The van der Waals surface area contributed by atoms with E-state index in [1.54, 1.807) is 50.2 Å². The molecule has 0 saturated heterocycles.